The fourth-order valence-electron chi connectivity index (χ4n) is 3.19. The van der Waals surface area contributed by atoms with Crippen LogP contribution in [0.3, 0.4) is 0 Å². The molecule has 2 aromatic carbocycles. The van der Waals surface area contributed by atoms with Crippen LogP contribution in [0.15, 0.2) is 42.5 Å². The van der Waals surface area contributed by atoms with Gasteiger partial charge in [0.25, 0.3) is 0 Å². The second kappa shape index (κ2) is 5.80. The first kappa shape index (κ1) is 14.0. The number of ether oxygens (including phenoxy) is 1. The zero-order valence-corrected chi connectivity index (χ0v) is 13.0. The minimum absolute atomic E-state index is 0.571. The van der Waals surface area contributed by atoms with Crippen molar-refractivity contribution in [3.63, 3.8) is 0 Å². The van der Waals surface area contributed by atoms with Gasteiger partial charge in [0.15, 0.2) is 0 Å². The Labute approximate surface area is 127 Å². The van der Waals surface area contributed by atoms with E-state index in [4.69, 9.17) is 4.74 Å². The molecule has 0 heterocycles. The van der Waals surface area contributed by atoms with Crippen LogP contribution in [0.1, 0.15) is 35.4 Å². The maximum Gasteiger partial charge on any atom is 0.122 e. The summed E-state index contributed by atoms with van der Waals surface area (Å²) in [4.78, 5) is 0. The van der Waals surface area contributed by atoms with Gasteiger partial charge in [0.2, 0.25) is 0 Å². The lowest BCUT2D eigenvalue weighted by Gasteiger charge is -2.37. The molecule has 1 aliphatic carbocycles. The molecule has 0 radical (unpaired) electrons. The second-order valence-electron chi connectivity index (χ2n) is 6.07. The molecular formula is C19H23NO. The van der Waals surface area contributed by atoms with E-state index in [9.17, 15) is 0 Å². The Balaban J connectivity index is 1.63. The average molecular weight is 281 g/mol. The normalized spacial score (nSPS) is 20.7. The van der Waals surface area contributed by atoms with Gasteiger partial charge in [0, 0.05) is 11.7 Å². The highest BCUT2D eigenvalue weighted by Crippen LogP contribution is 2.42. The van der Waals surface area contributed by atoms with E-state index in [0.29, 0.717) is 12.0 Å². The summed E-state index contributed by atoms with van der Waals surface area (Å²) in [6, 6.07) is 15.6. The predicted octanol–water partition coefficient (Wildman–Crippen LogP) is 4.67. The Kier molecular flexibility index (Phi) is 3.87. The van der Waals surface area contributed by atoms with Gasteiger partial charge in [-0.2, -0.15) is 0 Å². The van der Waals surface area contributed by atoms with Crippen LogP contribution in [-0.4, -0.2) is 13.2 Å². The topological polar surface area (TPSA) is 21.3 Å². The summed E-state index contributed by atoms with van der Waals surface area (Å²) in [5.41, 5.74) is 5.26. The molecule has 1 saturated carbocycles. The average Bonchev–Trinajstić information content (AvgIpc) is 2.44. The van der Waals surface area contributed by atoms with Gasteiger partial charge in [-0.15, -0.1) is 0 Å². The molecule has 2 heteroatoms. The zero-order valence-electron chi connectivity index (χ0n) is 13.0. The Morgan fingerprint density at radius 3 is 2.52 bits per heavy atom. The molecule has 1 fully saturated rings. The van der Waals surface area contributed by atoms with Crippen LogP contribution in [0.4, 0.5) is 5.69 Å². The number of anilines is 1. The van der Waals surface area contributed by atoms with Gasteiger partial charge in [0.1, 0.15) is 5.75 Å². The van der Waals surface area contributed by atoms with Gasteiger partial charge in [0.05, 0.1) is 7.11 Å². The van der Waals surface area contributed by atoms with Crippen LogP contribution in [0.5, 0.6) is 5.75 Å². The summed E-state index contributed by atoms with van der Waals surface area (Å²) in [6.07, 6.45) is 2.35. The SMILES string of the molecule is COc1ccccc1C1CC(Nc2ccc(C)cc2C)C1. The van der Waals surface area contributed by atoms with E-state index in [1.165, 1.54) is 35.2 Å². The molecule has 0 amide bonds. The zero-order chi connectivity index (χ0) is 14.8. The number of hydrogen-bond donors (Lipinski definition) is 1. The molecule has 2 nitrogen and oxygen atoms in total. The molecule has 1 N–H and O–H groups in total. The lowest BCUT2D eigenvalue weighted by atomic mass is 9.75. The molecular weight excluding hydrogens is 258 g/mol. The first-order chi connectivity index (χ1) is 10.2. The fourth-order valence-corrected chi connectivity index (χ4v) is 3.19. The van der Waals surface area contributed by atoms with Crippen molar-refractivity contribution in [2.45, 2.75) is 38.6 Å². The molecule has 1 aliphatic rings. The van der Waals surface area contributed by atoms with Crippen molar-refractivity contribution in [3.05, 3.63) is 59.2 Å². The number of methoxy groups -OCH3 is 1. The summed E-state index contributed by atoms with van der Waals surface area (Å²) in [6.45, 7) is 4.31. The monoisotopic (exact) mass is 281 g/mol. The van der Waals surface area contributed by atoms with Crippen LogP contribution in [0.25, 0.3) is 0 Å². The second-order valence-corrected chi connectivity index (χ2v) is 6.07. The Morgan fingerprint density at radius 2 is 1.81 bits per heavy atom. The van der Waals surface area contributed by atoms with E-state index >= 15 is 0 Å². The maximum absolute atomic E-state index is 5.47. The highest BCUT2D eigenvalue weighted by atomic mass is 16.5. The molecule has 3 rings (SSSR count). The lowest BCUT2D eigenvalue weighted by molar-refractivity contribution is 0.349. The molecule has 2 aromatic rings. The number of para-hydroxylation sites is 1. The third-order valence-electron chi connectivity index (χ3n) is 4.46. The van der Waals surface area contributed by atoms with E-state index in [2.05, 4.69) is 55.6 Å². The van der Waals surface area contributed by atoms with Crippen LogP contribution in [0.2, 0.25) is 0 Å². The molecule has 0 atom stereocenters. The molecule has 0 unspecified atom stereocenters. The van der Waals surface area contributed by atoms with E-state index in [1.54, 1.807) is 7.11 Å². The van der Waals surface area contributed by atoms with Gasteiger partial charge in [-0.1, -0.05) is 35.9 Å². The molecule has 0 aliphatic heterocycles. The Bertz CT molecular complexity index is 629. The quantitative estimate of drug-likeness (QED) is 0.879. The van der Waals surface area contributed by atoms with E-state index < -0.39 is 0 Å². The van der Waals surface area contributed by atoms with E-state index in [0.717, 1.165) is 5.75 Å². The third-order valence-corrected chi connectivity index (χ3v) is 4.46. The van der Waals surface area contributed by atoms with Crippen molar-refractivity contribution in [2.24, 2.45) is 0 Å². The van der Waals surface area contributed by atoms with E-state index in [1.807, 2.05) is 6.07 Å². The smallest absolute Gasteiger partial charge is 0.122 e. The van der Waals surface area contributed by atoms with Crippen LogP contribution in [-0.2, 0) is 0 Å². The fraction of sp³-hybridized carbons (Fsp3) is 0.368. The number of nitrogens with one attached hydrogen (secondary N) is 1. The van der Waals surface area contributed by atoms with Crippen molar-refractivity contribution in [2.75, 3.05) is 12.4 Å². The highest BCUT2D eigenvalue weighted by molar-refractivity contribution is 5.53. The summed E-state index contributed by atoms with van der Waals surface area (Å²) in [5.74, 6) is 1.64. The summed E-state index contributed by atoms with van der Waals surface area (Å²) in [5, 5.41) is 3.67. The standard InChI is InChI=1S/C19H23NO/c1-13-8-9-18(14(2)10-13)20-16-11-15(12-16)17-6-4-5-7-19(17)21-3/h4-10,15-16,20H,11-12H2,1-3H3. The summed E-state index contributed by atoms with van der Waals surface area (Å²) < 4.78 is 5.47. The number of hydrogen-bond acceptors (Lipinski definition) is 2. The maximum atomic E-state index is 5.47. The van der Waals surface area contributed by atoms with Crippen molar-refractivity contribution in [3.8, 4) is 5.75 Å². The Hall–Kier alpha value is -1.96. The molecule has 0 aromatic heterocycles. The van der Waals surface area contributed by atoms with Gasteiger partial charge in [-0.25, -0.2) is 0 Å². The Morgan fingerprint density at radius 1 is 1.05 bits per heavy atom. The van der Waals surface area contributed by atoms with Gasteiger partial charge in [-0.05, 0) is 55.9 Å². The summed E-state index contributed by atoms with van der Waals surface area (Å²) >= 11 is 0. The highest BCUT2D eigenvalue weighted by Gasteiger charge is 2.32. The van der Waals surface area contributed by atoms with Gasteiger partial charge >= 0.3 is 0 Å². The summed E-state index contributed by atoms with van der Waals surface area (Å²) in [7, 11) is 1.75. The largest absolute Gasteiger partial charge is 0.496 e. The lowest BCUT2D eigenvalue weighted by Crippen LogP contribution is -2.34. The molecule has 21 heavy (non-hydrogen) atoms. The number of rotatable bonds is 4. The number of benzene rings is 2. The van der Waals surface area contributed by atoms with Crippen LogP contribution in [0, 0.1) is 13.8 Å². The molecule has 0 bridgehead atoms. The number of aryl methyl sites for hydroxylation is 2. The molecule has 110 valence electrons. The molecule has 0 spiro atoms. The van der Waals surface area contributed by atoms with Gasteiger partial charge in [-0.3, -0.25) is 0 Å². The van der Waals surface area contributed by atoms with Crippen LogP contribution < -0.4 is 10.1 Å². The van der Waals surface area contributed by atoms with Crippen molar-refractivity contribution in [1.82, 2.24) is 0 Å². The van der Waals surface area contributed by atoms with Crippen LogP contribution >= 0.6 is 0 Å². The predicted molar refractivity (Wildman–Crippen MR) is 88.3 cm³/mol. The van der Waals surface area contributed by atoms with Crippen molar-refractivity contribution in [1.29, 1.82) is 0 Å². The first-order valence-electron chi connectivity index (χ1n) is 7.64. The minimum atomic E-state index is 0.571. The van der Waals surface area contributed by atoms with E-state index in [-0.39, 0.29) is 0 Å². The van der Waals surface area contributed by atoms with Crippen molar-refractivity contribution >= 4 is 5.69 Å². The van der Waals surface area contributed by atoms with Gasteiger partial charge < -0.3 is 10.1 Å². The van der Waals surface area contributed by atoms with Crippen molar-refractivity contribution < 1.29 is 4.74 Å². The minimum Gasteiger partial charge on any atom is -0.496 e. The third kappa shape index (κ3) is 2.90. The first-order valence-corrected chi connectivity index (χ1v) is 7.64. The molecule has 0 saturated heterocycles.